The van der Waals surface area contributed by atoms with Crippen LogP contribution in [0.2, 0.25) is 0 Å². The number of nitrogens with zero attached hydrogens (tertiary/aromatic N) is 1. The molecular formula is C23H26N4O3S. The number of rotatable bonds is 5. The number of hydrogen-bond acceptors (Lipinski definition) is 6. The third-order valence-electron chi connectivity index (χ3n) is 4.23. The third kappa shape index (κ3) is 6.29. The average Bonchev–Trinajstić information content (AvgIpc) is 3.17. The number of ether oxygens (including phenoxy) is 1. The molecule has 0 radical (unpaired) electrons. The summed E-state index contributed by atoms with van der Waals surface area (Å²) in [5, 5.41) is 5.71. The van der Waals surface area contributed by atoms with Crippen molar-refractivity contribution in [3.05, 3.63) is 65.0 Å². The first kappa shape index (κ1) is 22.3. The van der Waals surface area contributed by atoms with E-state index in [4.69, 9.17) is 10.5 Å². The molecule has 0 fully saturated rings. The summed E-state index contributed by atoms with van der Waals surface area (Å²) in [5.41, 5.74) is 7.35. The van der Waals surface area contributed by atoms with Gasteiger partial charge in [0.1, 0.15) is 11.4 Å². The highest BCUT2D eigenvalue weighted by molar-refractivity contribution is 7.17. The Hall–Kier alpha value is -3.39. The van der Waals surface area contributed by atoms with Crippen LogP contribution in [0.3, 0.4) is 0 Å². The Bertz CT molecular complexity index is 1090. The maximum absolute atomic E-state index is 12.7. The Morgan fingerprint density at radius 1 is 1.10 bits per heavy atom. The van der Waals surface area contributed by atoms with Gasteiger partial charge in [-0.15, -0.1) is 11.3 Å². The molecule has 0 bridgehead atoms. The molecule has 3 aromatic rings. The molecule has 0 saturated heterocycles. The maximum Gasteiger partial charge on any atom is 0.412 e. The van der Waals surface area contributed by atoms with Crippen molar-refractivity contribution >= 4 is 34.8 Å². The normalized spacial score (nSPS) is 12.1. The lowest BCUT2D eigenvalue weighted by Crippen LogP contribution is -2.27. The highest BCUT2D eigenvalue weighted by atomic mass is 32.1. The number of nitrogens with one attached hydrogen (secondary N) is 2. The summed E-state index contributed by atoms with van der Waals surface area (Å²) >= 11 is 1.35. The highest BCUT2D eigenvalue weighted by Crippen LogP contribution is 2.28. The average molecular weight is 439 g/mol. The molecule has 1 unspecified atom stereocenters. The number of carbonyl (C=O) groups excluding carboxylic acids is 2. The minimum absolute atomic E-state index is 0.182. The van der Waals surface area contributed by atoms with E-state index in [-0.39, 0.29) is 11.9 Å². The summed E-state index contributed by atoms with van der Waals surface area (Å²) in [5.74, 6) is 0.253. The molecule has 2 aromatic heterocycles. The smallest absolute Gasteiger partial charge is 0.412 e. The number of aromatic nitrogens is 1. The Balaban J connectivity index is 1.66. The lowest BCUT2D eigenvalue weighted by molar-refractivity contribution is 0.0635. The Morgan fingerprint density at radius 2 is 1.84 bits per heavy atom. The number of carbonyl (C=O) groups is 2. The van der Waals surface area contributed by atoms with E-state index in [0.29, 0.717) is 16.4 Å². The number of anilines is 2. The number of amides is 2. The van der Waals surface area contributed by atoms with Gasteiger partial charge in [0.25, 0.3) is 5.91 Å². The van der Waals surface area contributed by atoms with Gasteiger partial charge >= 0.3 is 6.09 Å². The second-order valence-corrected chi connectivity index (χ2v) is 9.14. The number of benzene rings is 1. The predicted molar refractivity (Wildman–Crippen MR) is 124 cm³/mol. The van der Waals surface area contributed by atoms with Gasteiger partial charge in [-0.05, 0) is 69.7 Å². The minimum atomic E-state index is -0.580. The van der Waals surface area contributed by atoms with Gasteiger partial charge in [0.2, 0.25) is 0 Å². The van der Waals surface area contributed by atoms with E-state index in [1.54, 1.807) is 39.0 Å². The molecule has 0 aliphatic rings. The fourth-order valence-corrected chi connectivity index (χ4v) is 3.72. The van der Waals surface area contributed by atoms with Crippen LogP contribution in [0, 0.1) is 0 Å². The highest BCUT2D eigenvalue weighted by Gasteiger charge is 2.18. The monoisotopic (exact) mass is 438 g/mol. The number of hydrogen-bond donors (Lipinski definition) is 3. The molecule has 2 heterocycles. The number of nitrogen functional groups attached to an aromatic ring is 1. The van der Waals surface area contributed by atoms with E-state index in [0.717, 1.165) is 16.1 Å². The van der Waals surface area contributed by atoms with Crippen LogP contribution in [0.4, 0.5) is 16.3 Å². The molecule has 0 aliphatic carbocycles. The quantitative estimate of drug-likeness (QED) is 0.506. The molecule has 3 rings (SSSR count). The third-order valence-corrected chi connectivity index (χ3v) is 5.34. The van der Waals surface area contributed by atoms with Crippen molar-refractivity contribution in [3.8, 4) is 10.6 Å². The van der Waals surface area contributed by atoms with Gasteiger partial charge in [-0.2, -0.15) is 0 Å². The van der Waals surface area contributed by atoms with Gasteiger partial charge in [0.05, 0.1) is 21.5 Å². The zero-order valence-electron chi connectivity index (χ0n) is 17.9. The summed E-state index contributed by atoms with van der Waals surface area (Å²) in [6.07, 6.45) is -0.525. The molecule has 0 spiro atoms. The first-order chi connectivity index (χ1) is 14.6. The van der Waals surface area contributed by atoms with E-state index >= 15 is 0 Å². The molecule has 7 nitrogen and oxygen atoms in total. The van der Waals surface area contributed by atoms with Crippen LogP contribution < -0.4 is 16.4 Å². The van der Waals surface area contributed by atoms with Crippen molar-refractivity contribution in [2.45, 2.75) is 39.3 Å². The molecule has 1 aromatic carbocycles. The van der Waals surface area contributed by atoms with Crippen molar-refractivity contribution in [2.24, 2.45) is 0 Å². The van der Waals surface area contributed by atoms with Crippen molar-refractivity contribution in [3.63, 3.8) is 0 Å². The molecule has 0 saturated carbocycles. The molecular weight excluding hydrogens is 412 g/mol. The number of pyridine rings is 1. The van der Waals surface area contributed by atoms with Gasteiger partial charge in [0.15, 0.2) is 0 Å². The molecule has 1 atom stereocenters. The van der Waals surface area contributed by atoms with Crippen LogP contribution in [0.25, 0.3) is 10.6 Å². The van der Waals surface area contributed by atoms with E-state index < -0.39 is 11.7 Å². The van der Waals surface area contributed by atoms with Gasteiger partial charge in [0, 0.05) is 5.69 Å². The molecule has 31 heavy (non-hydrogen) atoms. The maximum atomic E-state index is 12.7. The first-order valence-electron chi connectivity index (χ1n) is 9.84. The van der Waals surface area contributed by atoms with E-state index in [1.165, 1.54) is 11.3 Å². The Labute approximate surface area is 185 Å². The summed E-state index contributed by atoms with van der Waals surface area (Å²) in [7, 11) is 0. The fraction of sp³-hybridized carbons (Fsp3) is 0.261. The summed E-state index contributed by atoms with van der Waals surface area (Å²) in [6, 6.07) is 16.1. The minimum Gasteiger partial charge on any atom is -0.444 e. The van der Waals surface area contributed by atoms with E-state index in [1.807, 2.05) is 43.3 Å². The zero-order chi connectivity index (χ0) is 22.6. The van der Waals surface area contributed by atoms with Gasteiger partial charge in [-0.1, -0.05) is 18.2 Å². The Kier molecular flexibility index (Phi) is 6.60. The molecule has 2 amide bonds. The first-order valence-corrected chi connectivity index (χ1v) is 10.7. The second kappa shape index (κ2) is 9.18. The SMILES string of the molecule is CC(NC(=O)c1ccc(-c2cccc(N)n2)s1)c1cccc(NC(=O)OC(C)(C)C)c1. The molecule has 0 aliphatic heterocycles. The standard InChI is InChI=1S/C23H26N4O3S/c1-14(15-7-5-8-16(13-15)26-22(29)30-23(2,3)4)25-21(28)19-12-11-18(31-19)17-9-6-10-20(24)27-17/h5-14H,1-4H3,(H2,24,27)(H,25,28)(H,26,29). The van der Waals surface area contributed by atoms with Gasteiger partial charge < -0.3 is 15.8 Å². The summed E-state index contributed by atoms with van der Waals surface area (Å²) < 4.78 is 5.28. The molecule has 8 heteroatoms. The van der Waals surface area contributed by atoms with Gasteiger partial charge in [-0.3, -0.25) is 10.1 Å². The fourth-order valence-electron chi connectivity index (χ4n) is 2.84. The number of thiophene rings is 1. The lowest BCUT2D eigenvalue weighted by atomic mass is 10.1. The van der Waals surface area contributed by atoms with Crippen molar-refractivity contribution in [2.75, 3.05) is 11.1 Å². The van der Waals surface area contributed by atoms with Crippen LogP contribution in [0.15, 0.2) is 54.6 Å². The lowest BCUT2D eigenvalue weighted by Gasteiger charge is -2.20. The van der Waals surface area contributed by atoms with Gasteiger partial charge in [-0.25, -0.2) is 9.78 Å². The van der Waals surface area contributed by atoms with Crippen molar-refractivity contribution in [1.29, 1.82) is 0 Å². The predicted octanol–water partition coefficient (Wildman–Crippen LogP) is 5.23. The molecule has 162 valence electrons. The van der Waals surface area contributed by atoms with Crippen LogP contribution in [0.1, 0.15) is 49.0 Å². The molecule has 4 N–H and O–H groups in total. The van der Waals surface area contributed by atoms with Crippen LogP contribution in [-0.2, 0) is 4.74 Å². The summed E-state index contributed by atoms with van der Waals surface area (Å²) in [4.78, 5) is 30.5. The van der Waals surface area contributed by atoms with Crippen LogP contribution in [-0.4, -0.2) is 22.6 Å². The van der Waals surface area contributed by atoms with E-state index in [9.17, 15) is 9.59 Å². The zero-order valence-corrected chi connectivity index (χ0v) is 18.7. The topological polar surface area (TPSA) is 106 Å². The second-order valence-electron chi connectivity index (χ2n) is 8.06. The van der Waals surface area contributed by atoms with Crippen LogP contribution >= 0.6 is 11.3 Å². The number of nitrogens with two attached hydrogens (primary N) is 1. The van der Waals surface area contributed by atoms with Crippen molar-refractivity contribution in [1.82, 2.24) is 10.3 Å². The van der Waals surface area contributed by atoms with E-state index in [2.05, 4.69) is 15.6 Å². The van der Waals surface area contributed by atoms with Crippen LogP contribution in [0.5, 0.6) is 0 Å². The summed E-state index contributed by atoms with van der Waals surface area (Å²) in [6.45, 7) is 7.30. The van der Waals surface area contributed by atoms with Crippen molar-refractivity contribution < 1.29 is 14.3 Å². The largest absolute Gasteiger partial charge is 0.444 e. The Morgan fingerprint density at radius 3 is 2.55 bits per heavy atom.